The highest BCUT2D eigenvalue weighted by Gasteiger charge is 2.67. The van der Waals surface area contributed by atoms with Crippen molar-refractivity contribution in [1.29, 1.82) is 5.26 Å². The third kappa shape index (κ3) is 8.33. The number of carbonyl (C=O) groups excluding carboxylic acids is 4. The molecule has 4 amide bonds. The summed E-state index contributed by atoms with van der Waals surface area (Å²) in [6, 6.07) is 3.67. The summed E-state index contributed by atoms with van der Waals surface area (Å²) in [7, 11) is -4.27. The first-order valence-electron chi connectivity index (χ1n) is 20.3. The lowest BCUT2D eigenvalue weighted by molar-refractivity contribution is -0.143. The van der Waals surface area contributed by atoms with Crippen LogP contribution < -0.4 is 25.7 Å². The summed E-state index contributed by atoms with van der Waals surface area (Å²) < 4.78 is 68.9. The van der Waals surface area contributed by atoms with Crippen LogP contribution in [0, 0.1) is 28.6 Å². The zero-order valence-electron chi connectivity index (χ0n) is 33.6. The maximum absolute atomic E-state index is 14.7. The van der Waals surface area contributed by atoms with Gasteiger partial charge in [0.25, 0.3) is 17.5 Å². The maximum Gasteiger partial charge on any atom is 0.408 e. The summed E-state index contributed by atoms with van der Waals surface area (Å²) in [6.07, 6.45) is -0.296. The molecule has 7 rings (SSSR count). The minimum absolute atomic E-state index is 0.0975. The summed E-state index contributed by atoms with van der Waals surface area (Å²) in [6.45, 7) is 6.48. The molecule has 3 aliphatic carbocycles. The smallest absolute Gasteiger partial charge is 0.408 e. The number of hydrogen-bond donors (Lipinski definition) is 3. The first kappa shape index (κ1) is 42.3. The van der Waals surface area contributed by atoms with Crippen molar-refractivity contribution < 1.29 is 45.9 Å². The van der Waals surface area contributed by atoms with Gasteiger partial charge in [0.1, 0.15) is 29.8 Å². The van der Waals surface area contributed by atoms with E-state index in [1.807, 2.05) is 10.8 Å². The van der Waals surface area contributed by atoms with Gasteiger partial charge in [0, 0.05) is 13.0 Å². The van der Waals surface area contributed by atoms with Crippen LogP contribution in [0.4, 0.5) is 13.6 Å². The van der Waals surface area contributed by atoms with Gasteiger partial charge in [-0.05, 0) is 87.8 Å². The van der Waals surface area contributed by atoms with E-state index in [1.165, 1.54) is 29.7 Å². The van der Waals surface area contributed by atoms with Crippen LogP contribution in [0.1, 0.15) is 104 Å². The number of nitrogens with zero attached hydrogens (tertiary/aromatic N) is 4. The Kier molecular flexibility index (Phi) is 11.2. The molecule has 3 heterocycles. The summed E-state index contributed by atoms with van der Waals surface area (Å²) in [4.78, 5) is 75.9. The SMILES string of the molecule is CC(C)(C)[C@@H]1NC(=O)O[C@@H]2CCC[C@H]2CCCCCn2c(nc3cc(C#N)ccc3c2=O)O[C@@H]2C[C@@H](C(=O)N[C@]3(C(=O)NS(=O)(=O)C4(C)CC4)C[C@H]3C(F)F)N(C2)C1=O. The molecule has 1 aromatic carbocycles. The first-order valence-corrected chi connectivity index (χ1v) is 21.8. The molecule has 0 spiro atoms. The van der Waals surface area contributed by atoms with E-state index in [2.05, 4.69) is 15.6 Å². The van der Waals surface area contributed by atoms with E-state index < -0.39 is 92.1 Å². The Balaban J connectivity index is 1.25. The minimum Gasteiger partial charge on any atom is -0.459 e. The number of hydrogen-bond acceptors (Lipinski definition) is 11. The second kappa shape index (κ2) is 15.6. The van der Waals surface area contributed by atoms with Crippen molar-refractivity contribution in [3.8, 4) is 12.1 Å². The van der Waals surface area contributed by atoms with Crippen LogP contribution in [-0.2, 0) is 35.7 Å². The second-order valence-corrected chi connectivity index (χ2v) is 20.3. The highest BCUT2D eigenvalue weighted by Crippen LogP contribution is 2.49. The zero-order valence-corrected chi connectivity index (χ0v) is 34.4. The van der Waals surface area contributed by atoms with Crippen molar-refractivity contribution in [2.75, 3.05) is 6.54 Å². The number of nitriles is 1. The number of ether oxygens (including phenoxy) is 2. The summed E-state index contributed by atoms with van der Waals surface area (Å²) in [5.74, 6) is -4.65. The standard InChI is InChI=1S/C40H51F2N7O9S/c1-38(2,3)30-34(52)49-21-24(18-28(49)32(50)46-40(19-26(40)31(41)42)35(53)47-59(55,56)39(4)14-15-39)57-36-44-27-17-22(20-43)12-13-25(27)33(51)48(36)16-7-5-6-9-23-10-8-11-29(23)58-37(54)45-30/h12-13,17,23-24,26,28-31H,5-11,14-16,18-19,21H2,1-4H3,(H,45,54)(H,46,50)(H,47,53)/t23-,24-,26+,28+,29-,30-,40-/m1/s1. The minimum atomic E-state index is -4.27. The van der Waals surface area contributed by atoms with Crippen LogP contribution in [0.3, 0.4) is 0 Å². The Labute approximate surface area is 340 Å². The predicted octanol–water partition coefficient (Wildman–Crippen LogP) is 3.64. The number of sulfonamides is 1. The van der Waals surface area contributed by atoms with Crippen LogP contribution in [0.15, 0.2) is 23.0 Å². The third-order valence-corrected chi connectivity index (χ3v) is 14.9. The molecule has 0 radical (unpaired) electrons. The van der Waals surface area contributed by atoms with Gasteiger partial charge in [-0.2, -0.15) is 10.2 Å². The van der Waals surface area contributed by atoms with Crippen molar-refractivity contribution in [2.24, 2.45) is 17.3 Å². The van der Waals surface area contributed by atoms with Gasteiger partial charge in [-0.25, -0.2) is 22.0 Å². The van der Waals surface area contributed by atoms with E-state index in [4.69, 9.17) is 9.47 Å². The van der Waals surface area contributed by atoms with Gasteiger partial charge in [0.2, 0.25) is 28.3 Å². The summed E-state index contributed by atoms with van der Waals surface area (Å²) in [5.41, 5.74) is -3.20. The topological polar surface area (TPSA) is 219 Å². The second-order valence-electron chi connectivity index (χ2n) is 18.1. The average molecular weight is 844 g/mol. The molecule has 0 unspecified atom stereocenters. The van der Waals surface area contributed by atoms with Crippen molar-refractivity contribution in [3.63, 3.8) is 0 Å². The molecule has 16 nitrogen and oxygen atoms in total. The van der Waals surface area contributed by atoms with Gasteiger partial charge in [0.15, 0.2) is 0 Å². The van der Waals surface area contributed by atoms with Gasteiger partial charge in [0.05, 0.1) is 39.7 Å². The molecular formula is C40H51F2N7O9S. The number of benzene rings is 1. The fourth-order valence-electron chi connectivity index (χ4n) is 8.66. The van der Waals surface area contributed by atoms with Crippen LogP contribution >= 0.6 is 0 Å². The molecule has 2 aliphatic heterocycles. The molecule has 7 atom stereocenters. The van der Waals surface area contributed by atoms with Gasteiger partial charge < -0.3 is 25.0 Å². The highest BCUT2D eigenvalue weighted by atomic mass is 32.2. The van der Waals surface area contributed by atoms with E-state index >= 15 is 0 Å². The van der Waals surface area contributed by atoms with Crippen molar-refractivity contribution in [2.45, 2.75) is 146 Å². The molecule has 320 valence electrons. The summed E-state index contributed by atoms with van der Waals surface area (Å²) >= 11 is 0. The van der Waals surface area contributed by atoms with Gasteiger partial charge in [-0.3, -0.25) is 28.5 Å². The number of fused-ring (bicyclic) bond motifs is 5. The monoisotopic (exact) mass is 843 g/mol. The van der Waals surface area contributed by atoms with Crippen LogP contribution in [-0.4, -0.2) is 94.2 Å². The Hall–Kier alpha value is -4.86. The number of alkyl halides is 2. The van der Waals surface area contributed by atoms with Gasteiger partial charge >= 0.3 is 6.09 Å². The van der Waals surface area contributed by atoms with Crippen molar-refractivity contribution in [1.82, 2.24) is 29.8 Å². The molecule has 1 aromatic heterocycles. The number of rotatable bonds is 6. The number of carbonyl (C=O) groups is 4. The number of alkyl carbamates (subject to hydrolysis) is 1. The number of halogens is 2. The molecule has 2 aromatic rings. The number of aromatic nitrogens is 2. The zero-order chi connectivity index (χ0) is 42.7. The lowest BCUT2D eigenvalue weighted by atomic mass is 9.85. The Morgan fingerprint density at radius 2 is 1.80 bits per heavy atom. The number of nitrogens with one attached hydrogen (secondary N) is 3. The first-order chi connectivity index (χ1) is 27.8. The van der Waals surface area contributed by atoms with Gasteiger partial charge in [-0.15, -0.1) is 0 Å². The third-order valence-electron chi connectivity index (χ3n) is 12.7. The Bertz CT molecular complexity index is 2250. The fraction of sp³-hybridized carbons (Fsp3) is 0.675. The molecule has 5 aliphatic rings. The molecule has 19 heteroatoms. The van der Waals surface area contributed by atoms with Crippen LogP contribution in [0.2, 0.25) is 0 Å². The Morgan fingerprint density at radius 3 is 2.46 bits per heavy atom. The molecule has 1 saturated heterocycles. The molecule has 59 heavy (non-hydrogen) atoms. The fourth-order valence-corrected chi connectivity index (χ4v) is 9.98. The molecule has 2 bridgehead atoms. The quantitative estimate of drug-likeness (QED) is 0.381. The van der Waals surface area contributed by atoms with Gasteiger partial charge in [-0.1, -0.05) is 33.6 Å². The van der Waals surface area contributed by atoms with Crippen molar-refractivity contribution >= 4 is 44.7 Å². The van der Waals surface area contributed by atoms with Crippen molar-refractivity contribution in [3.05, 3.63) is 34.1 Å². The normalized spacial score (nSPS) is 29.8. The van der Waals surface area contributed by atoms with Crippen LogP contribution in [0.5, 0.6) is 6.01 Å². The Morgan fingerprint density at radius 1 is 1.07 bits per heavy atom. The molecular weight excluding hydrogens is 793 g/mol. The highest BCUT2D eigenvalue weighted by molar-refractivity contribution is 7.91. The van der Waals surface area contributed by atoms with E-state index in [9.17, 15) is 46.4 Å². The lowest BCUT2D eigenvalue weighted by Gasteiger charge is -2.35. The summed E-state index contributed by atoms with van der Waals surface area (Å²) in [5, 5.41) is 14.9. The average Bonchev–Trinajstić information content (AvgIpc) is 4.00. The lowest BCUT2D eigenvalue weighted by Crippen LogP contribution is -2.60. The maximum atomic E-state index is 14.7. The molecule has 3 N–H and O–H groups in total. The van der Waals surface area contributed by atoms with E-state index in [0.29, 0.717) is 12.8 Å². The molecule has 3 saturated carbocycles. The number of amides is 4. The molecule has 4 fully saturated rings. The largest absolute Gasteiger partial charge is 0.459 e. The van der Waals surface area contributed by atoms with Crippen LogP contribution in [0.25, 0.3) is 10.9 Å². The van der Waals surface area contributed by atoms with E-state index in [-0.39, 0.29) is 66.9 Å². The van der Waals surface area contributed by atoms with E-state index in [1.54, 1.807) is 20.8 Å². The predicted molar refractivity (Wildman–Crippen MR) is 207 cm³/mol. The van der Waals surface area contributed by atoms with E-state index in [0.717, 1.165) is 37.0 Å².